The molecule has 5 heteroatoms. The molecule has 0 N–H and O–H groups in total. The molecule has 0 aromatic heterocycles. The van der Waals surface area contributed by atoms with Gasteiger partial charge < -0.3 is 0 Å². The zero-order chi connectivity index (χ0) is 12.2. The van der Waals surface area contributed by atoms with Gasteiger partial charge in [0.2, 0.25) is 0 Å². The molecule has 0 spiro atoms. The molecule has 0 aliphatic carbocycles. The highest BCUT2D eigenvalue weighted by Crippen LogP contribution is 2.16. The van der Waals surface area contributed by atoms with E-state index in [0.717, 1.165) is 0 Å². The SMILES string of the molecule is Cc1cc(S(=O)(=O)CCCCCl)ccc1F. The lowest BCUT2D eigenvalue weighted by Gasteiger charge is -2.05. The maximum absolute atomic E-state index is 13.0. The van der Waals surface area contributed by atoms with E-state index in [0.29, 0.717) is 24.3 Å². The summed E-state index contributed by atoms with van der Waals surface area (Å²) in [4.78, 5) is 0.181. The maximum Gasteiger partial charge on any atom is 0.178 e. The fourth-order valence-corrected chi connectivity index (χ4v) is 2.96. The van der Waals surface area contributed by atoms with Crippen molar-refractivity contribution in [3.8, 4) is 0 Å². The topological polar surface area (TPSA) is 34.1 Å². The Bertz CT molecular complexity index is 457. The Morgan fingerprint density at radius 2 is 2.00 bits per heavy atom. The summed E-state index contributed by atoms with van der Waals surface area (Å²) in [5, 5.41) is 0. The highest BCUT2D eigenvalue weighted by atomic mass is 35.5. The number of aryl methyl sites for hydroxylation is 1. The summed E-state index contributed by atoms with van der Waals surface area (Å²) in [5.74, 6) is 0.127. The summed E-state index contributed by atoms with van der Waals surface area (Å²) in [6.45, 7) is 1.55. The van der Waals surface area contributed by atoms with Gasteiger partial charge in [-0.15, -0.1) is 11.6 Å². The monoisotopic (exact) mass is 264 g/mol. The third-order valence-electron chi connectivity index (χ3n) is 2.29. The molecule has 1 rings (SSSR count). The van der Waals surface area contributed by atoms with Gasteiger partial charge in [0.15, 0.2) is 9.84 Å². The van der Waals surface area contributed by atoms with Crippen LogP contribution in [0.2, 0.25) is 0 Å². The maximum atomic E-state index is 13.0. The number of alkyl halides is 1. The molecule has 0 saturated carbocycles. The van der Waals surface area contributed by atoms with Gasteiger partial charge in [-0.05, 0) is 43.5 Å². The molecule has 90 valence electrons. The predicted molar refractivity (Wildman–Crippen MR) is 63.1 cm³/mol. The largest absolute Gasteiger partial charge is 0.224 e. The smallest absolute Gasteiger partial charge is 0.178 e. The van der Waals surface area contributed by atoms with Crippen LogP contribution in [-0.4, -0.2) is 20.1 Å². The molecule has 0 aliphatic heterocycles. The zero-order valence-corrected chi connectivity index (χ0v) is 10.6. The molecule has 0 unspecified atom stereocenters. The van der Waals surface area contributed by atoms with Gasteiger partial charge in [-0.2, -0.15) is 0 Å². The Kier molecular flexibility index (Phi) is 4.74. The second kappa shape index (κ2) is 5.64. The van der Waals surface area contributed by atoms with Crippen molar-refractivity contribution in [2.45, 2.75) is 24.7 Å². The summed E-state index contributed by atoms with van der Waals surface area (Å²) in [5.41, 5.74) is 0.346. The number of sulfone groups is 1. The average molecular weight is 265 g/mol. The minimum Gasteiger partial charge on any atom is -0.224 e. The second-order valence-corrected chi connectivity index (χ2v) is 6.11. The number of benzene rings is 1. The highest BCUT2D eigenvalue weighted by Gasteiger charge is 2.14. The van der Waals surface area contributed by atoms with Crippen molar-refractivity contribution < 1.29 is 12.8 Å². The summed E-state index contributed by atoms with van der Waals surface area (Å²) < 4.78 is 36.6. The van der Waals surface area contributed by atoms with Crippen molar-refractivity contribution >= 4 is 21.4 Å². The molecular weight excluding hydrogens is 251 g/mol. The number of unbranched alkanes of at least 4 members (excludes halogenated alkanes) is 1. The molecule has 0 saturated heterocycles. The van der Waals surface area contributed by atoms with Crippen LogP contribution < -0.4 is 0 Å². The summed E-state index contributed by atoms with van der Waals surface area (Å²) in [7, 11) is -3.30. The van der Waals surface area contributed by atoms with E-state index in [1.165, 1.54) is 18.2 Å². The van der Waals surface area contributed by atoms with Gasteiger partial charge in [0.25, 0.3) is 0 Å². The normalized spacial score (nSPS) is 11.7. The summed E-state index contributed by atoms with van der Waals surface area (Å²) in [6, 6.07) is 3.85. The van der Waals surface area contributed by atoms with E-state index in [4.69, 9.17) is 11.6 Å². The quantitative estimate of drug-likeness (QED) is 0.466. The van der Waals surface area contributed by atoms with Gasteiger partial charge >= 0.3 is 0 Å². The molecule has 0 fully saturated rings. The fraction of sp³-hybridized carbons (Fsp3) is 0.455. The molecule has 1 aromatic carbocycles. The van der Waals surface area contributed by atoms with Gasteiger partial charge in [0.05, 0.1) is 10.6 Å². The Morgan fingerprint density at radius 3 is 2.56 bits per heavy atom. The Morgan fingerprint density at radius 1 is 1.31 bits per heavy atom. The molecule has 0 amide bonds. The first-order valence-electron chi connectivity index (χ1n) is 5.02. The van der Waals surface area contributed by atoms with Crippen LogP contribution >= 0.6 is 11.6 Å². The molecule has 2 nitrogen and oxygen atoms in total. The first kappa shape index (κ1) is 13.5. The zero-order valence-electron chi connectivity index (χ0n) is 9.04. The third kappa shape index (κ3) is 3.46. The minimum absolute atomic E-state index is 0.0603. The van der Waals surface area contributed by atoms with E-state index in [1.807, 2.05) is 0 Å². The Hall–Kier alpha value is -0.610. The van der Waals surface area contributed by atoms with E-state index >= 15 is 0 Å². The number of halogens is 2. The molecule has 0 aliphatic rings. The number of hydrogen-bond acceptors (Lipinski definition) is 2. The molecular formula is C11H14ClFO2S. The lowest BCUT2D eigenvalue weighted by atomic mass is 10.2. The molecule has 1 aromatic rings. The first-order valence-corrected chi connectivity index (χ1v) is 7.21. The van der Waals surface area contributed by atoms with Crippen LogP contribution in [0.4, 0.5) is 4.39 Å². The van der Waals surface area contributed by atoms with Gasteiger partial charge in [0, 0.05) is 5.88 Å². The summed E-state index contributed by atoms with van der Waals surface area (Å²) >= 11 is 5.48. The fourth-order valence-electron chi connectivity index (χ4n) is 1.32. The van der Waals surface area contributed by atoms with Crippen molar-refractivity contribution in [3.63, 3.8) is 0 Å². The van der Waals surface area contributed by atoms with Crippen LogP contribution in [0.3, 0.4) is 0 Å². The van der Waals surface area contributed by atoms with Crippen LogP contribution in [-0.2, 0) is 9.84 Å². The van der Waals surface area contributed by atoms with E-state index in [9.17, 15) is 12.8 Å². The van der Waals surface area contributed by atoms with Gasteiger partial charge in [-0.25, -0.2) is 12.8 Å². The van der Waals surface area contributed by atoms with Crippen LogP contribution in [0.15, 0.2) is 23.1 Å². The van der Waals surface area contributed by atoms with Crippen molar-refractivity contribution in [2.24, 2.45) is 0 Å². The Labute approximate surface area is 100 Å². The number of rotatable bonds is 5. The third-order valence-corrected chi connectivity index (χ3v) is 4.35. The lowest BCUT2D eigenvalue weighted by Crippen LogP contribution is -2.07. The van der Waals surface area contributed by atoms with Gasteiger partial charge in [-0.3, -0.25) is 0 Å². The van der Waals surface area contributed by atoms with Gasteiger partial charge in [0.1, 0.15) is 5.82 Å². The second-order valence-electron chi connectivity index (χ2n) is 3.63. The van der Waals surface area contributed by atoms with Crippen molar-refractivity contribution in [2.75, 3.05) is 11.6 Å². The van der Waals surface area contributed by atoms with Crippen molar-refractivity contribution in [3.05, 3.63) is 29.6 Å². The van der Waals surface area contributed by atoms with E-state index in [2.05, 4.69) is 0 Å². The van der Waals surface area contributed by atoms with E-state index < -0.39 is 9.84 Å². The Balaban J connectivity index is 2.86. The number of hydrogen-bond donors (Lipinski definition) is 0. The molecule has 16 heavy (non-hydrogen) atoms. The molecule has 0 radical (unpaired) electrons. The van der Waals surface area contributed by atoms with Crippen LogP contribution in [0.1, 0.15) is 18.4 Å². The van der Waals surface area contributed by atoms with Gasteiger partial charge in [-0.1, -0.05) is 0 Å². The molecule has 0 atom stereocenters. The first-order chi connectivity index (χ1) is 7.47. The summed E-state index contributed by atoms with van der Waals surface area (Å²) in [6.07, 6.45) is 1.20. The molecule has 0 heterocycles. The van der Waals surface area contributed by atoms with Crippen molar-refractivity contribution in [1.29, 1.82) is 0 Å². The predicted octanol–water partition coefficient (Wildman–Crippen LogP) is 2.93. The minimum atomic E-state index is -3.30. The van der Waals surface area contributed by atoms with Crippen LogP contribution in [0, 0.1) is 12.7 Å². The van der Waals surface area contributed by atoms with Crippen molar-refractivity contribution in [1.82, 2.24) is 0 Å². The van der Waals surface area contributed by atoms with E-state index in [1.54, 1.807) is 6.92 Å². The van der Waals surface area contributed by atoms with E-state index in [-0.39, 0.29) is 16.5 Å². The van der Waals surface area contributed by atoms with Crippen LogP contribution in [0.25, 0.3) is 0 Å². The lowest BCUT2D eigenvalue weighted by molar-refractivity contribution is 0.590. The average Bonchev–Trinajstić information content (AvgIpc) is 2.22. The standard InChI is InChI=1S/C11H14ClFO2S/c1-9-8-10(4-5-11(9)13)16(14,15)7-3-2-6-12/h4-5,8H,2-3,6-7H2,1H3. The molecule has 0 bridgehead atoms. The van der Waals surface area contributed by atoms with Crippen LogP contribution in [0.5, 0.6) is 0 Å². The highest BCUT2D eigenvalue weighted by molar-refractivity contribution is 7.91.